The minimum absolute atomic E-state index is 0.123. The van der Waals surface area contributed by atoms with Gasteiger partial charge in [0.1, 0.15) is 11.8 Å². The SMILES string of the molecule is CNC(=O)[C@H](C)N(Cc1ccc(Br)cc1)C(=O)COc1cc(C)cc(C)c1C. The number of rotatable bonds is 7. The van der Waals surface area contributed by atoms with Crippen molar-refractivity contribution in [3.05, 3.63) is 63.1 Å². The van der Waals surface area contributed by atoms with Crippen molar-refractivity contribution in [2.75, 3.05) is 13.7 Å². The molecule has 0 saturated heterocycles. The first-order chi connectivity index (χ1) is 13.2. The number of aryl methyl sites for hydroxylation is 2. The van der Waals surface area contributed by atoms with Crippen molar-refractivity contribution in [1.29, 1.82) is 0 Å². The van der Waals surface area contributed by atoms with Crippen LogP contribution in [0, 0.1) is 20.8 Å². The highest BCUT2D eigenvalue weighted by molar-refractivity contribution is 9.10. The first-order valence-corrected chi connectivity index (χ1v) is 9.98. The molecule has 150 valence electrons. The Morgan fingerprint density at radius 1 is 1.14 bits per heavy atom. The molecule has 2 aromatic rings. The Bertz CT molecular complexity index is 850. The molecule has 0 aliphatic heterocycles. The van der Waals surface area contributed by atoms with Gasteiger partial charge in [0.05, 0.1) is 0 Å². The molecular formula is C22H27BrN2O3. The molecule has 0 aliphatic rings. The molecule has 0 spiro atoms. The standard InChI is InChI=1S/C22H27BrN2O3/c1-14-10-15(2)16(3)20(11-14)28-13-21(26)25(17(4)22(27)24-5)12-18-6-8-19(23)9-7-18/h6-11,17H,12-13H2,1-5H3,(H,24,27)/t17-/m0/s1. The average molecular weight is 447 g/mol. The molecule has 0 radical (unpaired) electrons. The van der Waals surface area contributed by atoms with Gasteiger partial charge in [-0.15, -0.1) is 0 Å². The number of ether oxygens (including phenoxy) is 1. The molecule has 0 saturated carbocycles. The van der Waals surface area contributed by atoms with Gasteiger partial charge < -0.3 is 15.0 Å². The van der Waals surface area contributed by atoms with Crippen LogP contribution in [0.15, 0.2) is 40.9 Å². The third kappa shape index (κ3) is 5.58. The molecular weight excluding hydrogens is 420 g/mol. The number of nitrogens with zero attached hydrogens (tertiary/aromatic N) is 1. The van der Waals surface area contributed by atoms with Crippen LogP contribution in [0.5, 0.6) is 5.75 Å². The first kappa shape index (κ1) is 22.0. The maximum Gasteiger partial charge on any atom is 0.261 e. The van der Waals surface area contributed by atoms with Crippen LogP contribution in [0.3, 0.4) is 0 Å². The van der Waals surface area contributed by atoms with Gasteiger partial charge in [-0.1, -0.05) is 34.1 Å². The zero-order chi connectivity index (χ0) is 20.8. The lowest BCUT2D eigenvalue weighted by Gasteiger charge is -2.28. The van der Waals surface area contributed by atoms with Crippen molar-refractivity contribution in [1.82, 2.24) is 10.2 Å². The fourth-order valence-electron chi connectivity index (χ4n) is 2.95. The zero-order valence-electron chi connectivity index (χ0n) is 17.0. The van der Waals surface area contributed by atoms with Gasteiger partial charge in [0.15, 0.2) is 6.61 Å². The van der Waals surface area contributed by atoms with Crippen LogP contribution in [0.2, 0.25) is 0 Å². The smallest absolute Gasteiger partial charge is 0.261 e. The molecule has 6 heteroatoms. The molecule has 2 rings (SSSR count). The van der Waals surface area contributed by atoms with Crippen molar-refractivity contribution in [3.8, 4) is 5.75 Å². The van der Waals surface area contributed by atoms with Crippen LogP contribution >= 0.6 is 15.9 Å². The number of hydrogen-bond donors (Lipinski definition) is 1. The molecule has 5 nitrogen and oxygen atoms in total. The van der Waals surface area contributed by atoms with Gasteiger partial charge in [-0.2, -0.15) is 0 Å². The number of halogens is 1. The van der Waals surface area contributed by atoms with Crippen molar-refractivity contribution in [2.24, 2.45) is 0 Å². The molecule has 1 N–H and O–H groups in total. The van der Waals surface area contributed by atoms with Crippen LogP contribution in [0.1, 0.15) is 29.2 Å². The quantitative estimate of drug-likeness (QED) is 0.700. The van der Waals surface area contributed by atoms with Crippen LogP contribution in [0.4, 0.5) is 0 Å². The number of carbonyl (C=O) groups is 2. The number of amides is 2. The molecule has 2 amide bonds. The predicted octanol–water partition coefficient (Wildman–Crippen LogP) is 3.92. The fourth-order valence-corrected chi connectivity index (χ4v) is 3.22. The molecule has 28 heavy (non-hydrogen) atoms. The lowest BCUT2D eigenvalue weighted by Crippen LogP contribution is -2.48. The summed E-state index contributed by atoms with van der Waals surface area (Å²) < 4.78 is 6.79. The zero-order valence-corrected chi connectivity index (χ0v) is 18.6. The third-order valence-electron chi connectivity index (χ3n) is 4.80. The third-order valence-corrected chi connectivity index (χ3v) is 5.32. The van der Waals surface area contributed by atoms with Gasteiger partial charge in [-0.3, -0.25) is 9.59 Å². The minimum atomic E-state index is -0.606. The summed E-state index contributed by atoms with van der Waals surface area (Å²) in [4.78, 5) is 26.7. The summed E-state index contributed by atoms with van der Waals surface area (Å²) in [5, 5.41) is 2.61. The van der Waals surface area contributed by atoms with Gasteiger partial charge in [0, 0.05) is 18.1 Å². The Morgan fingerprint density at radius 3 is 2.39 bits per heavy atom. The predicted molar refractivity (Wildman–Crippen MR) is 114 cm³/mol. The van der Waals surface area contributed by atoms with E-state index in [0.717, 1.165) is 26.7 Å². The van der Waals surface area contributed by atoms with E-state index in [1.54, 1.807) is 18.9 Å². The first-order valence-electron chi connectivity index (χ1n) is 9.19. The molecule has 1 atom stereocenters. The summed E-state index contributed by atoms with van der Waals surface area (Å²) in [5.41, 5.74) is 4.15. The average Bonchev–Trinajstić information content (AvgIpc) is 2.67. The highest BCUT2D eigenvalue weighted by Gasteiger charge is 2.26. The van der Waals surface area contributed by atoms with Crippen molar-refractivity contribution >= 4 is 27.7 Å². The van der Waals surface area contributed by atoms with Crippen LogP contribution in [-0.4, -0.2) is 36.4 Å². The van der Waals surface area contributed by atoms with Crippen LogP contribution < -0.4 is 10.1 Å². The van der Waals surface area contributed by atoms with Crippen molar-refractivity contribution in [3.63, 3.8) is 0 Å². The number of benzene rings is 2. The second kappa shape index (κ2) is 9.73. The van der Waals surface area contributed by atoms with E-state index < -0.39 is 6.04 Å². The molecule has 0 heterocycles. The van der Waals surface area contributed by atoms with Gasteiger partial charge in [-0.25, -0.2) is 0 Å². The Morgan fingerprint density at radius 2 is 1.79 bits per heavy atom. The summed E-state index contributed by atoms with van der Waals surface area (Å²) in [6, 6.07) is 11.1. The normalized spacial score (nSPS) is 11.6. The lowest BCUT2D eigenvalue weighted by atomic mass is 10.1. The van der Waals surface area contributed by atoms with E-state index >= 15 is 0 Å². The second-order valence-electron chi connectivity index (χ2n) is 6.93. The van der Waals surface area contributed by atoms with Gasteiger partial charge in [0.25, 0.3) is 5.91 Å². The highest BCUT2D eigenvalue weighted by Crippen LogP contribution is 2.23. The maximum absolute atomic E-state index is 12.9. The number of carbonyl (C=O) groups excluding carboxylic acids is 2. The number of hydrogen-bond acceptors (Lipinski definition) is 3. The summed E-state index contributed by atoms with van der Waals surface area (Å²) in [7, 11) is 1.57. The Balaban J connectivity index is 2.18. The topological polar surface area (TPSA) is 58.6 Å². The minimum Gasteiger partial charge on any atom is -0.483 e. The number of nitrogens with one attached hydrogen (secondary N) is 1. The molecule has 0 aromatic heterocycles. The molecule has 2 aromatic carbocycles. The van der Waals surface area contributed by atoms with E-state index in [0.29, 0.717) is 12.3 Å². The monoisotopic (exact) mass is 446 g/mol. The molecule has 0 bridgehead atoms. The summed E-state index contributed by atoms with van der Waals surface area (Å²) in [6.07, 6.45) is 0. The van der Waals surface area contributed by atoms with E-state index in [9.17, 15) is 9.59 Å². The highest BCUT2D eigenvalue weighted by atomic mass is 79.9. The summed E-state index contributed by atoms with van der Waals surface area (Å²) >= 11 is 3.41. The van der Waals surface area contributed by atoms with E-state index in [1.165, 1.54) is 0 Å². The Kier molecular flexibility index (Phi) is 7.63. The van der Waals surface area contributed by atoms with E-state index in [-0.39, 0.29) is 18.4 Å². The largest absolute Gasteiger partial charge is 0.483 e. The Hall–Kier alpha value is -2.34. The lowest BCUT2D eigenvalue weighted by molar-refractivity contribution is -0.142. The Labute approximate surface area is 175 Å². The molecule has 0 fully saturated rings. The summed E-state index contributed by atoms with van der Waals surface area (Å²) in [6.45, 7) is 7.91. The molecule has 0 unspecified atom stereocenters. The maximum atomic E-state index is 12.9. The fraction of sp³-hybridized carbons (Fsp3) is 0.364. The van der Waals surface area contributed by atoms with E-state index in [1.807, 2.05) is 51.1 Å². The molecule has 0 aliphatic carbocycles. The van der Waals surface area contributed by atoms with E-state index in [2.05, 4.69) is 27.3 Å². The van der Waals surface area contributed by atoms with Crippen LogP contribution in [0.25, 0.3) is 0 Å². The number of likely N-dealkylation sites (N-methyl/N-ethyl adjacent to an activating group) is 1. The van der Waals surface area contributed by atoms with E-state index in [4.69, 9.17) is 4.74 Å². The van der Waals surface area contributed by atoms with Crippen molar-refractivity contribution < 1.29 is 14.3 Å². The second-order valence-corrected chi connectivity index (χ2v) is 7.85. The van der Waals surface area contributed by atoms with Crippen LogP contribution in [-0.2, 0) is 16.1 Å². The summed E-state index contributed by atoms with van der Waals surface area (Å²) in [5.74, 6) is 0.243. The van der Waals surface area contributed by atoms with Gasteiger partial charge >= 0.3 is 0 Å². The van der Waals surface area contributed by atoms with Gasteiger partial charge in [-0.05, 0) is 68.1 Å². The van der Waals surface area contributed by atoms with Crippen molar-refractivity contribution in [2.45, 2.75) is 40.3 Å². The van der Waals surface area contributed by atoms with Gasteiger partial charge in [0.2, 0.25) is 5.91 Å².